The third-order valence-electron chi connectivity index (χ3n) is 5.36. The fourth-order valence-corrected chi connectivity index (χ4v) is 3.83. The fraction of sp³-hybridized carbons (Fsp3) is 0.318. The summed E-state index contributed by atoms with van der Waals surface area (Å²) in [5.74, 6) is -1.80. The van der Waals surface area contributed by atoms with Crippen molar-refractivity contribution in [3.05, 3.63) is 58.9 Å². The van der Waals surface area contributed by atoms with Crippen LogP contribution in [-0.4, -0.2) is 64.4 Å². The molecule has 0 unspecified atom stereocenters. The maximum Gasteiger partial charge on any atom is 0.297 e. The lowest BCUT2D eigenvalue weighted by molar-refractivity contribution is -0.121. The molecule has 8 nitrogen and oxygen atoms in total. The second-order valence-electron chi connectivity index (χ2n) is 7.62. The number of carbonyl (C=O) groups is 2. The number of hydrogen-bond donors (Lipinski definition) is 1. The van der Waals surface area contributed by atoms with Crippen LogP contribution in [0.1, 0.15) is 29.0 Å². The molecule has 1 aliphatic rings. The Kier molecular flexibility index (Phi) is 7.11. The molecule has 34 heavy (non-hydrogen) atoms. The topological polar surface area (TPSA) is 91.3 Å². The van der Waals surface area contributed by atoms with E-state index in [1.165, 1.54) is 17.0 Å². The number of amides is 2. The van der Waals surface area contributed by atoms with Crippen molar-refractivity contribution in [1.29, 1.82) is 0 Å². The van der Waals surface area contributed by atoms with Crippen LogP contribution in [0, 0.1) is 5.95 Å². The summed E-state index contributed by atoms with van der Waals surface area (Å²) in [6.07, 6.45) is -1.67. The molecule has 1 fully saturated rings. The van der Waals surface area contributed by atoms with E-state index in [1.54, 1.807) is 17.0 Å². The number of nitrogens with zero attached hydrogens (tertiary/aromatic N) is 5. The third kappa shape index (κ3) is 5.36. The summed E-state index contributed by atoms with van der Waals surface area (Å²) >= 11 is 6.14. The van der Waals surface area contributed by atoms with Crippen LogP contribution in [0.4, 0.5) is 19.0 Å². The predicted octanol–water partition coefficient (Wildman–Crippen LogP) is 3.22. The highest BCUT2D eigenvalue weighted by molar-refractivity contribution is 6.31. The monoisotopic (exact) mass is 492 g/mol. The van der Waals surface area contributed by atoms with Crippen molar-refractivity contribution >= 4 is 40.1 Å². The molecule has 2 amide bonds. The molecular formula is C22H20ClF3N6O2. The van der Waals surface area contributed by atoms with E-state index in [2.05, 4.69) is 20.3 Å². The Morgan fingerprint density at radius 3 is 2.65 bits per heavy atom. The Labute approximate surface area is 197 Å². The van der Waals surface area contributed by atoms with Crippen LogP contribution in [0.2, 0.25) is 5.02 Å². The number of hydrogen-bond acceptors (Lipinski definition) is 6. The molecule has 3 heterocycles. The van der Waals surface area contributed by atoms with Crippen LogP contribution in [0.3, 0.4) is 0 Å². The molecule has 2 aromatic heterocycles. The van der Waals surface area contributed by atoms with E-state index in [0.29, 0.717) is 15.9 Å². The predicted molar refractivity (Wildman–Crippen MR) is 119 cm³/mol. The van der Waals surface area contributed by atoms with Crippen LogP contribution in [0.15, 0.2) is 36.5 Å². The van der Waals surface area contributed by atoms with Crippen molar-refractivity contribution < 1.29 is 22.8 Å². The zero-order valence-electron chi connectivity index (χ0n) is 17.8. The molecule has 4 rings (SSSR count). The summed E-state index contributed by atoms with van der Waals surface area (Å²) in [4.78, 5) is 39.9. The lowest BCUT2D eigenvalue weighted by Gasteiger charge is -2.31. The van der Waals surface area contributed by atoms with Crippen LogP contribution in [-0.2, 0) is 4.79 Å². The third-order valence-corrected chi connectivity index (χ3v) is 5.60. The van der Waals surface area contributed by atoms with Gasteiger partial charge in [0.15, 0.2) is 5.82 Å². The number of rotatable bonds is 3. The summed E-state index contributed by atoms with van der Waals surface area (Å²) in [6.45, 7) is 1.03. The smallest absolute Gasteiger partial charge is 0.297 e. The normalized spacial score (nSPS) is 15.5. The fourth-order valence-electron chi connectivity index (χ4n) is 3.66. The lowest BCUT2D eigenvalue weighted by atomic mass is 10.2. The zero-order chi connectivity index (χ0) is 24.2. The summed E-state index contributed by atoms with van der Waals surface area (Å²) in [6, 6.07) is 7.07. The van der Waals surface area contributed by atoms with Crippen molar-refractivity contribution in [2.75, 3.05) is 37.6 Å². The van der Waals surface area contributed by atoms with Gasteiger partial charge < -0.3 is 15.1 Å². The first kappa shape index (κ1) is 23.7. The molecule has 0 aliphatic carbocycles. The summed E-state index contributed by atoms with van der Waals surface area (Å²) < 4.78 is 40.2. The Hall–Kier alpha value is -3.47. The van der Waals surface area contributed by atoms with Crippen molar-refractivity contribution in [3.63, 3.8) is 0 Å². The first-order chi connectivity index (χ1) is 16.3. The van der Waals surface area contributed by atoms with Crippen LogP contribution in [0.5, 0.6) is 0 Å². The molecule has 0 bridgehead atoms. The summed E-state index contributed by atoms with van der Waals surface area (Å²) in [5.41, 5.74) is 0.473. The first-order valence-corrected chi connectivity index (χ1v) is 10.9. The minimum Gasteiger partial charge on any atom is -0.354 e. The van der Waals surface area contributed by atoms with Crippen molar-refractivity contribution in [2.24, 2.45) is 0 Å². The minimum absolute atomic E-state index is 0.0853. The van der Waals surface area contributed by atoms with Crippen LogP contribution < -0.4 is 10.2 Å². The minimum atomic E-state index is -2.89. The molecule has 1 aliphatic heterocycles. The average Bonchev–Trinajstić information content (AvgIpc) is 2.82. The molecule has 0 saturated carbocycles. The van der Waals surface area contributed by atoms with Gasteiger partial charge in [0, 0.05) is 55.8 Å². The number of nitrogens with one attached hydrogen (secondary N) is 1. The Bertz CT molecular complexity index is 1210. The number of pyridine rings is 1. The average molecular weight is 493 g/mol. The summed E-state index contributed by atoms with van der Waals surface area (Å²) in [5, 5.41) is 3.62. The highest BCUT2D eigenvalue weighted by atomic mass is 35.5. The quantitative estimate of drug-likeness (QED) is 0.565. The second kappa shape index (κ2) is 10.2. The SMILES string of the molecule is O=C1CCN(C(=O)c2ccc(F)nc2)CCN(c2nc(C(F)F)nc3ccc(Cl)cc23)CCN1. The van der Waals surface area contributed by atoms with Gasteiger partial charge in [0.05, 0.1) is 11.1 Å². The van der Waals surface area contributed by atoms with Crippen molar-refractivity contribution in [1.82, 2.24) is 25.2 Å². The van der Waals surface area contributed by atoms with Gasteiger partial charge >= 0.3 is 0 Å². The highest BCUT2D eigenvalue weighted by Crippen LogP contribution is 2.29. The van der Waals surface area contributed by atoms with Gasteiger partial charge in [-0.05, 0) is 30.3 Å². The van der Waals surface area contributed by atoms with Gasteiger partial charge in [0.2, 0.25) is 11.9 Å². The van der Waals surface area contributed by atoms with E-state index in [-0.39, 0.29) is 56.4 Å². The number of fused-ring (bicyclic) bond motifs is 1. The number of carbonyl (C=O) groups excluding carboxylic acids is 2. The van der Waals surface area contributed by atoms with E-state index < -0.39 is 24.1 Å². The highest BCUT2D eigenvalue weighted by Gasteiger charge is 2.23. The van der Waals surface area contributed by atoms with Gasteiger partial charge in [-0.25, -0.2) is 23.7 Å². The van der Waals surface area contributed by atoms with Crippen molar-refractivity contribution in [3.8, 4) is 0 Å². The summed E-state index contributed by atoms with van der Waals surface area (Å²) in [7, 11) is 0. The van der Waals surface area contributed by atoms with Crippen molar-refractivity contribution in [2.45, 2.75) is 12.8 Å². The molecule has 1 aromatic carbocycles. The number of aromatic nitrogens is 3. The largest absolute Gasteiger partial charge is 0.354 e. The van der Waals surface area contributed by atoms with Gasteiger partial charge in [-0.2, -0.15) is 4.39 Å². The Morgan fingerprint density at radius 2 is 1.91 bits per heavy atom. The van der Waals surface area contributed by atoms with Crippen LogP contribution in [0.25, 0.3) is 10.9 Å². The van der Waals surface area contributed by atoms with Gasteiger partial charge in [0.25, 0.3) is 12.3 Å². The van der Waals surface area contributed by atoms with E-state index in [4.69, 9.17) is 11.6 Å². The number of anilines is 1. The first-order valence-electron chi connectivity index (χ1n) is 10.5. The molecule has 3 aromatic rings. The Morgan fingerprint density at radius 1 is 1.09 bits per heavy atom. The number of alkyl halides is 2. The molecule has 1 saturated heterocycles. The maximum atomic E-state index is 13.5. The molecule has 0 spiro atoms. The lowest BCUT2D eigenvalue weighted by Crippen LogP contribution is -2.45. The Balaban J connectivity index is 1.68. The van der Waals surface area contributed by atoms with Gasteiger partial charge in [-0.3, -0.25) is 9.59 Å². The number of benzene rings is 1. The van der Waals surface area contributed by atoms with Crippen LogP contribution >= 0.6 is 11.6 Å². The molecule has 12 heteroatoms. The van der Waals surface area contributed by atoms with E-state index in [0.717, 1.165) is 12.3 Å². The second-order valence-corrected chi connectivity index (χ2v) is 8.05. The molecule has 178 valence electrons. The number of halogens is 4. The zero-order valence-corrected chi connectivity index (χ0v) is 18.6. The maximum absolute atomic E-state index is 13.5. The van der Waals surface area contributed by atoms with Gasteiger partial charge in [-0.1, -0.05) is 11.6 Å². The molecular weight excluding hydrogens is 473 g/mol. The van der Waals surface area contributed by atoms with Gasteiger partial charge in [-0.15, -0.1) is 0 Å². The van der Waals surface area contributed by atoms with E-state index in [1.807, 2.05) is 0 Å². The standard InChI is InChI=1S/C22H20ClF3N6O2/c23-14-2-3-16-15(11-14)21(30-20(29-16)19(25)26)31-8-6-27-18(33)5-7-32(10-9-31)22(34)13-1-4-17(24)28-12-13/h1-4,11-12,19H,5-10H2,(H,27,33). The molecule has 0 radical (unpaired) electrons. The van der Waals surface area contributed by atoms with E-state index in [9.17, 15) is 22.8 Å². The van der Waals surface area contributed by atoms with Gasteiger partial charge in [0.1, 0.15) is 5.82 Å². The molecule has 1 N–H and O–H groups in total. The van der Waals surface area contributed by atoms with E-state index >= 15 is 0 Å². The molecule has 0 atom stereocenters.